The van der Waals surface area contributed by atoms with E-state index < -0.39 is 18.5 Å². The number of unbranched alkanes of at least 4 members (excludes halogenated alkanes) is 1. The number of rotatable bonds is 6. The first kappa shape index (κ1) is 16.0. The van der Waals surface area contributed by atoms with Crippen LogP contribution >= 0.6 is 0 Å². The summed E-state index contributed by atoms with van der Waals surface area (Å²) >= 11 is 0. The van der Waals surface area contributed by atoms with Crippen molar-refractivity contribution in [3.05, 3.63) is 12.7 Å². The second-order valence-corrected chi connectivity index (χ2v) is 13.6. The number of hydrogen-bond donors (Lipinski definition) is 3. The van der Waals surface area contributed by atoms with Gasteiger partial charge in [0.1, 0.15) is 8.24 Å². The van der Waals surface area contributed by atoms with Crippen LogP contribution in [0.1, 0.15) is 33.6 Å². The Morgan fingerprint density at radius 3 is 2.31 bits per heavy atom. The van der Waals surface area contributed by atoms with Crippen molar-refractivity contribution < 1.29 is 4.21 Å². The standard InChI is InChI=1S/C11H28N2OSSi/c1-7-8-9-10-15(12,14)13-16(5,6)11(2,3)4/h7,15H,1,8-10H2,2-6H3,(H3,12,13,14). The van der Waals surface area contributed by atoms with Crippen LogP contribution in [0.5, 0.6) is 0 Å². The van der Waals surface area contributed by atoms with Crippen LogP contribution in [-0.4, -0.2) is 18.2 Å². The van der Waals surface area contributed by atoms with Gasteiger partial charge in [-0.3, -0.25) is 13.7 Å². The molecule has 0 radical (unpaired) electrons. The van der Waals surface area contributed by atoms with Crippen molar-refractivity contribution in [3.63, 3.8) is 0 Å². The zero-order chi connectivity index (χ0) is 13.0. The molecule has 0 aliphatic rings. The third-order valence-electron chi connectivity index (χ3n) is 3.24. The quantitative estimate of drug-likeness (QED) is 0.293. The minimum atomic E-state index is -2.68. The van der Waals surface area contributed by atoms with E-state index >= 15 is 0 Å². The van der Waals surface area contributed by atoms with Crippen molar-refractivity contribution in [3.8, 4) is 0 Å². The SMILES string of the molecule is C=CCCC[SH](N)(=O)N[Si](C)(C)C(C)(C)C. The summed E-state index contributed by atoms with van der Waals surface area (Å²) in [6.07, 6.45) is 3.56. The van der Waals surface area contributed by atoms with Gasteiger partial charge in [0, 0.05) is 5.75 Å². The largest absolute Gasteiger partial charge is 0.270 e. The van der Waals surface area contributed by atoms with Crippen LogP contribution in [0, 0.1) is 0 Å². The van der Waals surface area contributed by atoms with Gasteiger partial charge in [-0.15, -0.1) is 6.58 Å². The normalized spacial score (nSPS) is 14.9. The van der Waals surface area contributed by atoms with Crippen molar-refractivity contribution in [2.24, 2.45) is 5.14 Å². The molecule has 0 saturated heterocycles. The Morgan fingerprint density at radius 2 is 1.94 bits per heavy atom. The molecule has 0 aromatic heterocycles. The fourth-order valence-electron chi connectivity index (χ4n) is 1.17. The van der Waals surface area contributed by atoms with Gasteiger partial charge in [-0.25, -0.2) is 0 Å². The highest BCUT2D eigenvalue weighted by Crippen LogP contribution is 2.34. The van der Waals surface area contributed by atoms with Gasteiger partial charge in [-0.1, -0.05) is 39.9 Å². The van der Waals surface area contributed by atoms with E-state index in [0.29, 0.717) is 5.75 Å². The van der Waals surface area contributed by atoms with Gasteiger partial charge in [0.05, 0.1) is 0 Å². The smallest absolute Gasteiger partial charge is 0.138 e. The molecule has 16 heavy (non-hydrogen) atoms. The highest BCUT2D eigenvalue weighted by atomic mass is 32.3. The van der Waals surface area contributed by atoms with Crippen LogP contribution in [0.25, 0.3) is 0 Å². The molecule has 0 aliphatic carbocycles. The van der Waals surface area contributed by atoms with E-state index in [4.69, 9.17) is 5.14 Å². The van der Waals surface area contributed by atoms with Crippen molar-refractivity contribution in [2.45, 2.75) is 51.7 Å². The molecule has 0 rings (SSSR count). The third-order valence-corrected chi connectivity index (χ3v) is 11.7. The summed E-state index contributed by atoms with van der Waals surface area (Å²) in [7, 11) is -4.44. The molecule has 5 heteroatoms. The first-order chi connectivity index (χ1) is 7.02. The number of hydrogen-bond acceptors (Lipinski definition) is 1. The maximum Gasteiger partial charge on any atom is 0.138 e. The van der Waals surface area contributed by atoms with Gasteiger partial charge >= 0.3 is 0 Å². The van der Waals surface area contributed by atoms with Crippen molar-refractivity contribution in [2.75, 3.05) is 5.75 Å². The zero-order valence-corrected chi connectivity index (χ0v) is 13.2. The molecule has 98 valence electrons. The third kappa shape index (κ3) is 5.38. The van der Waals surface area contributed by atoms with Crippen LogP contribution in [0.2, 0.25) is 18.1 Å². The number of nitrogens with two attached hydrogens (primary N) is 1. The highest BCUT2D eigenvalue weighted by Gasteiger charge is 2.37. The Kier molecular flexibility index (Phi) is 5.59. The topological polar surface area (TPSA) is 55.1 Å². The predicted octanol–water partition coefficient (Wildman–Crippen LogP) is 2.35. The molecule has 0 unspecified atom stereocenters. The van der Waals surface area contributed by atoms with Crippen LogP contribution in [0.4, 0.5) is 0 Å². The van der Waals surface area contributed by atoms with E-state index in [2.05, 4.69) is 44.8 Å². The minimum Gasteiger partial charge on any atom is -0.270 e. The first-order valence-electron chi connectivity index (χ1n) is 5.80. The molecule has 3 nitrogen and oxygen atoms in total. The summed E-state index contributed by atoms with van der Waals surface area (Å²) in [5.74, 6) is 0.561. The Morgan fingerprint density at radius 1 is 1.44 bits per heavy atom. The molecule has 0 amide bonds. The molecule has 0 aromatic rings. The summed E-state index contributed by atoms with van der Waals surface area (Å²) in [6, 6.07) is 0. The molecular formula is C11H28N2OSSi. The summed E-state index contributed by atoms with van der Waals surface area (Å²) in [6.45, 7) is 14.5. The van der Waals surface area contributed by atoms with Crippen LogP contribution in [-0.2, 0) is 10.3 Å². The Balaban J connectivity index is 4.46. The maximum absolute atomic E-state index is 12.2. The van der Waals surface area contributed by atoms with Crippen LogP contribution in [0.3, 0.4) is 0 Å². The summed E-state index contributed by atoms with van der Waals surface area (Å²) in [5, 5.41) is 6.04. The number of nitrogens with one attached hydrogen (secondary N) is 1. The summed E-state index contributed by atoms with van der Waals surface area (Å²) in [5.41, 5.74) is 0. The van der Waals surface area contributed by atoms with Crippen LogP contribution in [0.15, 0.2) is 12.7 Å². The van der Waals surface area contributed by atoms with Gasteiger partial charge in [0.25, 0.3) is 0 Å². The Hall–Kier alpha value is 0.0269. The van der Waals surface area contributed by atoms with Crippen molar-refractivity contribution in [1.82, 2.24) is 4.39 Å². The molecule has 3 N–H and O–H groups in total. The van der Waals surface area contributed by atoms with Gasteiger partial charge < -0.3 is 0 Å². The first-order valence-corrected chi connectivity index (χ1v) is 10.8. The van der Waals surface area contributed by atoms with E-state index in [-0.39, 0.29) is 5.04 Å². The molecule has 0 aliphatic heterocycles. The van der Waals surface area contributed by atoms with Crippen molar-refractivity contribution >= 4 is 18.5 Å². The number of allylic oxidation sites excluding steroid dienone is 1. The lowest BCUT2D eigenvalue weighted by Gasteiger charge is -2.41. The van der Waals surface area contributed by atoms with E-state index in [1.165, 1.54) is 0 Å². The molecule has 0 bridgehead atoms. The Labute approximate surface area is 103 Å². The van der Waals surface area contributed by atoms with E-state index in [0.717, 1.165) is 12.8 Å². The van der Waals surface area contributed by atoms with Crippen LogP contribution < -0.4 is 9.53 Å². The zero-order valence-electron chi connectivity index (χ0n) is 11.3. The van der Waals surface area contributed by atoms with Crippen molar-refractivity contribution in [1.29, 1.82) is 0 Å². The molecule has 0 heterocycles. The lowest BCUT2D eigenvalue weighted by molar-refractivity contribution is 0.658. The monoisotopic (exact) mass is 264 g/mol. The Bertz CT molecular complexity index is 284. The summed E-state index contributed by atoms with van der Waals surface area (Å²) in [4.78, 5) is 0. The number of thiol groups is 1. The van der Waals surface area contributed by atoms with Gasteiger partial charge in [0.2, 0.25) is 0 Å². The fraction of sp³-hybridized carbons (Fsp3) is 0.818. The average molecular weight is 265 g/mol. The van der Waals surface area contributed by atoms with E-state index in [1.807, 2.05) is 6.08 Å². The minimum absolute atomic E-state index is 0.153. The predicted molar refractivity (Wildman–Crippen MR) is 78.4 cm³/mol. The van der Waals surface area contributed by atoms with Gasteiger partial charge in [-0.05, 0) is 28.2 Å². The lowest BCUT2D eigenvalue weighted by atomic mass is 10.2. The maximum atomic E-state index is 12.2. The lowest BCUT2D eigenvalue weighted by Crippen LogP contribution is -2.60. The van der Waals surface area contributed by atoms with Gasteiger partial charge in [-0.2, -0.15) is 0 Å². The van der Waals surface area contributed by atoms with E-state index in [9.17, 15) is 4.21 Å². The summed E-state index contributed by atoms with van der Waals surface area (Å²) < 4.78 is 15.5. The molecule has 0 aromatic carbocycles. The second kappa shape index (κ2) is 5.58. The van der Waals surface area contributed by atoms with E-state index in [1.54, 1.807) is 0 Å². The highest BCUT2D eigenvalue weighted by molar-refractivity contribution is 8.00. The second-order valence-electron chi connectivity index (χ2n) is 5.94. The molecule has 0 atom stereocenters. The molecule has 0 fully saturated rings. The molecule has 0 saturated carbocycles. The van der Waals surface area contributed by atoms with Gasteiger partial charge in [0.15, 0.2) is 0 Å². The molecular weight excluding hydrogens is 236 g/mol. The average Bonchev–Trinajstić information content (AvgIpc) is 1.99. The fourth-order valence-corrected chi connectivity index (χ4v) is 7.39. The molecule has 0 spiro atoms.